The fourth-order valence-corrected chi connectivity index (χ4v) is 3.97. The van der Waals surface area contributed by atoms with Gasteiger partial charge in [0.2, 0.25) is 5.95 Å². The molecule has 1 N–H and O–H groups in total. The van der Waals surface area contributed by atoms with E-state index in [1.165, 1.54) is 17.4 Å². The number of aromatic amines is 1. The van der Waals surface area contributed by atoms with Crippen LogP contribution in [0.1, 0.15) is 27.3 Å². The van der Waals surface area contributed by atoms with Crippen molar-refractivity contribution in [2.75, 3.05) is 39.1 Å². The van der Waals surface area contributed by atoms with Crippen molar-refractivity contribution in [3.63, 3.8) is 0 Å². The summed E-state index contributed by atoms with van der Waals surface area (Å²) in [5.74, 6) is 0.442. The number of carbonyl (C=O) groups is 1. The number of nitrogens with zero attached hydrogens (tertiary/aromatic N) is 5. The van der Waals surface area contributed by atoms with Gasteiger partial charge in [-0.1, -0.05) is 0 Å². The van der Waals surface area contributed by atoms with E-state index in [1.54, 1.807) is 21.2 Å². The molecule has 9 heteroatoms. The van der Waals surface area contributed by atoms with Gasteiger partial charge in [-0.2, -0.15) is 5.26 Å². The van der Waals surface area contributed by atoms with Crippen molar-refractivity contribution < 1.29 is 4.79 Å². The molecule has 8 nitrogen and oxygen atoms in total. The fraction of sp³-hybridized carbons (Fsp3) is 0.444. The van der Waals surface area contributed by atoms with Gasteiger partial charge in [0.15, 0.2) is 0 Å². The van der Waals surface area contributed by atoms with Crippen LogP contribution < -0.4 is 10.5 Å². The van der Waals surface area contributed by atoms with Crippen molar-refractivity contribution in [1.82, 2.24) is 19.8 Å². The van der Waals surface area contributed by atoms with Crippen molar-refractivity contribution in [2.45, 2.75) is 19.0 Å². The number of anilines is 1. The molecule has 1 atom stereocenters. The third kappa shape index (κ3) is 4.18. The van der Waals surface area contributed by atoms with Crippen molar-refractivity contribution in [3.05, 3.63) is 44.0 Å². The first kappa shape index (κ1) is 19.1. The van der Waals surface area contributed by atoms with Crippen LogP contribution in [-0.2, 0) is 6.54 Å². The SMILES string of the molecule is CN(C)c1nc(CN(C)[C@@H]2CCN(C(=O)c3sccc3C#N)C2)cc(=O)[nH]1. The monoisotopic (exact) mass is 386 g/mol. The van der Waals surface area contributed by atoms with Gasteiger partial charge in [0.25, 0.3) is 11.5 Å². The molecule has 0 bridgehead atoms. The molecule has 3 rings (SSSR count). The summed E-state index contributed by atoms with van der Waals surface area (Å²) in [5, 5.41) is 10.9. The van der Waals surface area contributed by atoms with Gasteiger partial charge in [-0.15, -0.1) is 11.3 Å². The van der Waals surface area contributed by atoms with E-state index >= 15 is 0 Å². The Hall–Kier alpha value is -2.70. The molecule has 2 aromatic heterocycles. The molecular formula is C18H22N6O2S. The number of nitrogens with one attached hydrogen (secondary N) is 1. The van der Waals surface area contributed by atoms with Crippen molar-refractivity contribution in [1.29, 1.82) is 5.26 Å². The van der Waals surface area contributed by atoms with Gasteiger partial charge in [-0.25, -0.2) is 4.98 Å². The Morgan fingerprint density at radius 3 is 2.96 bits per heavy atom. The zero-order valence-corrected chi connectivity index (χ0v) is 16.4. The third-order valence-corrected chi connectivity index (χ3v) is 5.57. The third-order valence-electron chi connectivity index (χ3n) is 4.67. The quantitative estimate of drug-likeness (QED) is 0.827. The number of rotatable bonds is 5. The van der Waals surface area contributed by atoms with Crippen LogP contribution in [0.2, 0.25) is 0 Å². The van der Waals surface area contributed by atoms with E-state index in [0.29, 0.717) is 41.7 Å². The van der Waals surface area contributed by atoms with Crippen LogP contribution in [0.25, 0.3) is 0 Å². The number of hydrogen-bond donors (Lipinski definition) is 1. The van der Waals surface area contributed by atoms with E-state index in [0.717, 1.165) is 6.42 Å². The maximum atomic E-state index is 12.7. The van der Waals surface area contributed by atoms with E-state index < -0.39 is 0 Å². The minimum atomic E-state index is -0.179. The highest BCUT2D eigenvalue weighted by molar-refractivity contribution is 7.12. The number of thiophene rings is 1. The number of nitriles is 1. The molecule has 0 radical (unpaired) electrons. The number of amides is 1. The molecule has 1 fully saturated rings. The van der Waals surface area contributed by atoms with Gasteiger partial charge in [-0.05, 0) is 24.9 Å². The van der Waals surface area contributed by atoms with Crippen molar-refractivity contribution in [2.24, 2.45) is 0 Å². The first-order valence-electron chi connectivity index (χ1n) is 8.63. The average Bonchev–Trinajstić information content (AvgIpc) is 3.30. The second-order valence-corrected chi connectivity index (χ2v) is 7.75. The molecule has 1 aliphatic rings. The Bertz CT molecular complexity index is 928. The van der Waals surface area contributed by atoms with Crippen molar-refractivity contribution in [3.8, 4) is 6.07 Å². The Kier molecular flexibility index (Phi) is 5.58. The molecule has 0 aliphatic carbocycles. The second kappa shape index (κ2) is 7.90. The highest BCUT2D eigenvalue weighted by Gasteiger charge is 2.31. The van der Waals surface area contributed by atoms with Crippen LogP contribution in [0, 0.1) is 11.3 Å². The Morgan fingerprint density at radius 2 is 2.26 bits per heavy atom. The van der Waals surface area contributed by atoms with Crippen LogP contribution >= 0.6 is 11.3 Å². The Labute approximate surface area is 161 Å². The summed E-state index contributed by atoms with van der Waals surface area (Å²) in [4.78, 5) is 37.9. The molecule has 3 heterocycles. The summed E-state index contributed by atoms with van der Waals surface area (Å²) in [6.07, 6.45) is 0.846. The lowest BCUT2D eigenvalue weighted by atomic mass is 10.2. The molecule has 0 unspecified atom stereocenters. The summed E-state index contributed by atoms with van der Waals surface area (Å²) >= 11 is 1.31. The average molecular weight is 386 g/mol. The summed E-state index contributed by atoms with van der Waals surface area (Å²) in [7, 11) is 5.63. The Morgan fingerprint density at radius 1 is 1.48 bits per heavy atom. The summed E-state index contributed by atoms with van der Waals surface area (Å²) in [6, 6.07) is 5.44. The largest absolute Gasteiger partial charge is 0.348 e. The first-order chi connectivity index (χ1) is 12.9. The molecule has 1 saturated heterocycles. The van der Waals surface area contributed by atoms with Gasteiger partial charge in [0.1, 0.15) is 10.9 Å². The molecular weight excluding hydrogens is 364 g/mol. The van der Waals surface area contributed by atoms with E-state index in [9.17, 15) is 9.59 Å². The van der Waals surface area contributed by atoms with E-state index in [4.69, 9.17) is 5.26 Å². The fourth-order valence-electron chi connectivity index (χ4n) is 3.16. The lowest BCUT2D eigenvalue weighted by Crippen LogP contribution is -2.36. The maximum Gasteiger partial charge on any atom is 0.265 e. The smallest absolute Gasteiger partial charge is 0.265 e. The summed E-state index contributed by atoms with van der Waals surface area (Å²) in [5.41, 5.74) is 0.951. The topological polar surface area (TPSA) is 96.3 Å². The number of H-pyrrole nitrogens is 1. The van der Waals surface area contributed by atoms with Crippen LogP contribution in [0.4, 0.5) is 5.95 Å². The van der Waals surface area contributed by atoms with Crippen LogP contribution in [-0.4, -0.2) is 65.9 Å². The van der Waals surface area contributed by atoms with Crippen LogP contribution in [0.15, 0.2) is 22.3 Å². The normalized spacial score (nSPS) is 16.6. The number of aromatic nitrogens is 2. The zero-order chi connectivity index (χ0) is 19.6. The van der Waals surface area contributed by atoms with Gasteiger partial charge >= 0.3 is 0 Å². The summed E-state index contributed by atoms with van der Waals surface area (Å²) < 4.78 is 0. The lowest BCUT2D eigenvalue weighted by Gasteiger charge is -2.24. The van der Waals surface area contributed by atoms with Gasteiger partial charge in [-0.3, -0.25) is 19.5 Å². The standard InChI is InChI=1S/C18H22N6O2S/c1-22(2)18-20-13(8-15(25)21-18)10-23(3)14-4-6-24(11-14)17(26)16-12(9-19)5-7-27-16/h5,7-8,14H,4,6,10-11H2,1-3H3,(H,20,21,25)/t14-/m1/s1. The predicted octanol–water partition coefficient (Wildman–Crippen LogP) is 1.12. The first-order valence-corrected chi connectivity index (χ1v) is 9.51. The minimum absolute atomic E-state index is 0.0818. The second-order valence-electron chi connectivity index (χ2n) is 6.84. The highest BCUT2D eigenvalue weighted by Crippen LogP contribution is 2.23. The molecule has 0 aromatic carbocycles. The molecule has 0 saturated carbocycles. The maximum absolute atomic E-state index is 12.7. The number of carbonyl (C=O) groups excluding carboxylic acids is 1. The minimum Gasteiger partial charge on any atom is -0.348 e. The van der Waals surface area contributed by atoms with E-state index in [1.807, 2.05) is 21.1 Å². The van der Waals surface area contributed by atoms with Crippen molar-refractivity contribution >= 4 is 23.2 Å². The Balaban J connectivity index is 1.66. The molecule has 1 amide bonds. The summed E-state index contributed by atoms with van der Waals surface area (Å²) in [6.45, 7) is 1.78. The number of hydrogen-bond acceptors (Lipinski definition) is 7. The van der Waals surface area contributed by atoms with Crippen LogP contribution in [0.5, 0.6) is 0 Å². The molecule has 2 aromatic rings. The number of likely N-dealkylation sites (tertiary alicyclic amines) is 1. The number of likely N-dealkylation sites (N-methyl/N-ethyl adjacent to an activating group) is 1. The van der Waals surface area contributed by atoms with Gasteiger partial charge < -0.3 is 9.80 Å². The van der Waals surface area contributed by atoms with Gasteiger partial charge in [0, 0.05) is 45.8 Å². The van der Waals surface area contributed by atoms with Crippen LogP contribution in [0.3, 0.4) is 0 Å². The lowest BCUT2D eigenvalue weighted by molar-refractivity contribution is 0.0784. The van der Waals surface area contributed by atoms with E-state index in [-0.39, 0.29) is 17.5 Å². The molecule has 0 spiro atoms. The van der Waals surface area contributed by atoms with Gasteiger partial charge in [0.05, 0.1) is 11.3 Å². The molecule has 27 heavy (non-hydrogen) atoms. The predicted molar refractivity (Wildman–Crippen MR) is 104 cm³/mol. The molecule has 1 aliphatic heterocycles. The zero-order valence-electron chi connectivity index (χ0n) is 15.6. The molecule has 142 valence electrons. The van der Waals surface area contributed by atoms with E-state index in [2.05, 4.69) is 20.9 Å². The highest BCUT2D eigenvalue weighted by atomic mass is 32.1.